The van der Waals surface area contributed by atoms with Gasteiger partial charge in [0.15, 0.2) is 11.5 Å². The molecule has 30 heavy (non-hydrogen) atoms. The molecule has 0 atom stereocenters. The van der Waals surface area contributed by atoms with Gasteiger partial charge in [-0.2, -0.15) is 0 Å². The van der Waals surface area contributed by atoms with Gasteiger partial charge < -0.3 is 19.1 Å². The van der Waals surface area contributed by atoms with Crippen LogP contribution in [0.15, 0.2) is 60.5 Å². The summed E-state index contributed by atoms with van der Waals surface area (Å²) in [7, 11) is 4.95. The second-order valence-corrected chi connectivity index (χ2v) is 7.37. The van der Waals surface area contributed by atoms with Gasteiger partial charge in [-0.3, -0.25) is 4.79 Å². The van der Waals surface area contributed by atoms with E-state index in [-0.39, 0.29) is 5.91 Å². The van der Waals surface area contributed by atoms with Crippen molar-refractivity contribution in [1.29, 1.82) is 0 Å². The van der Waals surface area contributed by atoms with Crippen LogP contribution in [-0.4, -0.2) is 43.7 Å². The summed E-state index contributed by atoms with van der Waals surface area (Å²) in [6.07, 6.45) is 1.70. The number of rotatable bonds is 9. The van der Waals surface area contributed by atoms with Crippen molar-refractivity contribution in [2.45, 2.75) is 6.54 Å². The minimum absolute atomic E-state index is 0.134. The van der Waals surface area contributed by atoms with Crippen LogP contribution in [0.1, 0.15) is 16.1 Å². The fraction of sp³-hybridized carbons (Fsp3) is 0.217. The molecule has 0 bridgehead atoms. The third-order valence-corrected chi connectivity index (χ3v) is 5.30. The van der Waals surface area contributed by atoms with E-state index in [0.717, 1.165) is 21.9 Å². The summed E-state index contributed by atoms with van der Waals surface area (Å²) < 4.78 is 16.1. The van der Waals surface area contributed by atoms with E-state index >= 15 is 0 Å². The molecule has 0 saturated carbocycles. The van der Waals surface area contributed by atoms with Crippen molar-refractivity contribution in [1.82, 2.24) is 9.88 Å². The van der Waals surface area contributed by atoms with Crippen LogP contribution in [0.5, 0.6) is 17.2 Å². The van der Waals surface area contributed by atoms with Crippen LogP contribution in [0.2, 0.25) is 0 Å². The topological polar surface area (TPSA) is 60.9 Å². The Bertz CT molecular complexity index is 1010. The zero-order chi connectivity index (χ0) is 21.5. The lowest BCUT2D eigenvalue weighted by Crippen LogP contribution is -2.26. The standard InChI is InChI=1S/C23H24N2O4S/c1-5-12-29-18-9-6-16(7-10-18)14-25(2)23(26)19-15-30-22(24-19)17-8-11-20(27-3)21(13-17)28-4/h5-11,13,15H,1,12,14H2,2-4H3. The fourth-order valence-corrected chi connectivity index (χ4v) is 3.65. The fourth-order valence-electron chi connectivity index (χ4n) is 2.86. The number of carbonyl (C=O) groups excluding carboxylic acids is 1. The van der Waals surface area contributed by atoms with Crippen molar-refractivity contribution in [3.05, 3.63) is 71.8 Å². The first kappa shape index (κ1) is 21.4. The molecule has 156 valence electrons. The highest BCUT2D eigenvalue weighted by molar-refractivity contribution is 7.13. The highest BCUT2D eigenvalue weighted by Crippen LogP contribution is 2.33. The lowest BCUT2D eigenvalue weighted by Gasteiger charge is -2.16. The molecule has 0 unspecified atom stereocenters. The molecular weight excluding hydrogens is 400 g/mol. The first-order valence-electron chi connectivity index (χ1n) is 9.31. The van der Waals surface area contributed by atoms with Gasteiger partial charge in [0, 0.05) is 24.5 Å². The van der Waals surface area contributed by atoms with Gasteiger partial charge in [0.05, 0.1) is 14.2 Å². The van der Waals surface area contributed by atoms with Crippen LogP contribution in [-0.2, 0) is 6.54 Å². The molecule has 0 aliphatic heterocycles. The summed E-state index contributed by atoms with van der Waals surface area (Å²) in [6, 6.07) is 13.2. The summed E-state index contributed by atoms with van der Waals surface area (Å²) in [6.45, 7) is 4.57. The summed E-state index contributed by atoms with van der Waals surface area (Å²) in [4.78, 5) is 19.0. The summed E-state index contributed by atoms with van der Waals surface area (Å²) >= 11 is 1.42. The zero-order valence-electron chi connectivity index (χ0n) is 17.3. The van der Waals surface area contributed by atoms with Crippen LogP contribution >= 0.6 is 11.3 Å². The number of hydrogen-bond acceptors (Lipinski definition) is 6. The molecule has 7 heteroatoms. The molecule has 0 fully saturated rings. The predicted molar refractivity (Wildman–Crippen MR) is 119 cm³/mol. The molecule has 0 saturated heterocycles. The van der Waals surface area contributed by atoms with E-state index in [4.69, 9.17) is 14.2 Å². The number of benzene rings is 2. The molecule has 0 aliphatic carbocycles. The minimum Gasteiger partial charge on any atom is -0.493 e. The third kappa shape index (κ3) is 4.99. The molecule has 1 amide bonds. The number of amides is 1. The molecule has 0 aliphatic rings. The predicted octanol–water partition coefficient (Wildman–Crippen LogP) is 4.66. The number of carbonyl (C=O) groups is 1. The van der Waals surface area contributed by atoms with Crippen LogP contribution in [0.4, 0.5) is 0 Å². The van der Waals surface area contributed by atoms with E-state index in [2.05, 4.69) is 11.6 Å². The van der Waals surface area contributed by atoms with E-state index in [9.17, 15) is 4.79 Å². The Hall–Kier alpha value is -3.32. The number of nitrogens with zero attached hydrogens (tertiary/aromatic N) is 2. The largest absolute Gasteiger partial charge is 0.493 e. The number of hydrogen-bond donors (Lipinski definition) is 0. The number of aromatic nitrogens is 1. The molecule has 2 aromatic carbocycles. The van der Waals surface area contributed by atoms with Crippen molar-refractivity contribution in [2.75, 3.05) is 27.9 Å². The molecule has 0 spiro atoms. The second kappa shape index (κ2) is 9.93. The van der Waals surface area contributed by atoms with E-state index in [0.29, 0.717) is 30.3 Å². The Morgan fingerprint density at radius 3 is 2.53 bits per heavy atom. The van der Waals surface area contributed by atoms with Crippen molar-refractivity contribution < 1.29 is 19.0 Å². The quantitative estimate of drug-likeness (QED) is 0.468. The maximum Gasteiger partial charge on any atom is 0.273 e. The minimum atomic E-state index is -0.134. The van der Waals surface area contributed by atoms with E-state index < -0.39 is 0 Å². The Kier molecular flexibility index (Phi) is 7.08. The lowest BCUT2D eigenvalue weighted by atomic mass is 10.2. The number of ether oxygens (including phenoxy) is 3. The van der Waals surface area contributed by atoms with Crippen LogP contribution in [0.3, 0.4) is 0 Å². The van der Waals surface area contributed by atoms with Gasteiger partial charge in [0.25, 0.3) is 5.91 Å². The monoisotopic (exact) mass is 424 g/mol. The van der Waals surface area contributed by atoms with Gasteiger partial charge in [-0.1, -0.05) is 24.8 Å². The van der Waals surface area contributed by atoms with Crippen molar-refractivity contribution in [3.8, 4) is 27.8 Å². The van der Waals surface area contributed by atoms with Gasteiger partial charge >= 0.3 is 0 Å². The van der Waals surface area contributed by atoms with Crippen molar-refractivity contribution >= 4 is 17.2 Å². The molecule has 1 heterocycles. The molecule has 0 N–H and O–H groups in total. The smallest absolute Gasteiger partial charge is 0.273 e. The van der Waals surface area contributed by atoms with Crippen LogP contribution in [0.25, 0.3) is 10.6 Å². The summed E-state index contributed by atoms with van der Waals surface area (Å²) in [5, 5.41) is 2.52. The van der Waals surface area contributed by atoms with Crippen molar-refractivity contribution in [2.24, 2.45) is 0 Å². The second-order valence-electron chi connectivity index (χ2n) is 6.51. The Balaban J connectivity index is 1.69. The SMILES string of the molecule is C=CCOc1ccc(CN(C)C(=O)c2csc(-c3ccc(OC)c(OC)c3)n2)cc1. The van der Waals surface area contributed by atoms with Gasteiger partial charge in [-0.05, 0) is 35.9 Å². The van der Waals surface area contributed by atoms with Gasteiger partial charge in [0.1, 0.15) is 23.1 Å². The maximum atomic E-state index is 12.8. The molecule has 3 rings (SSSR count). The first-order valence-corrected chi connectivity index (χ1v) is 10.2. The van der Waals surface area contributed by atoms with Gasteiger partial charge in [-0.25, -0.2) is 4.98 Å². The van der Waals surface area contributed by atoms with E-state index in [1.165, 1.54) is 11.3 Å². The van der Waals surface area contributed by atoms with E-state index in [1.807, 2.05) is 42.5 Å². The van der Waals surface area contributed by atoms with E-state index in [1.54, 1.807) is 37.6 Å². The maximum absolute atomic E-state index is 12.8. The average Bonchev–Trinajstić information content (AvgIpc) is 3.27. The molecule has 1 aromatic heterocycles. The Morgan fingerprint density at radius 1 is 1.13 bits per heavy atom. The van der Waals surface area contributed by atoms with Crippen LogP contribution in [0, 0.1) is 0 Å². The zero-order valence-corrected chi connectivity index (χ0v) is 18.1. The third-order valence-electron chi connectivity index (χ3n) is 4.41. The molecule has 3 aromatic rings. The first-order chi connectivity index (χ1) is 14.5. The Labute approximate surface area is 180 Å². The summed E-state index contributed by atoms with van der Waals surface area (Å²) in [5.41, 5.74) is 2.29. The number of thiazole rings is 1. The van der Waals surface area contributed by atoms with Crippen LogP contribution < -0.4 is 14.2 Å². The Morgan fingerprint density at radius 2 is 1.87 bits per heavy atom. The highest BCUT2D eigenvalue weighted by Gasteiger charge is 2.17. The normalized spacial score (nSPS) is 10.4. The molecular formula is C23H24N2O4S. The van der Waals surface area contributed by atoms with Gasteiger partial charge in [-0.15, -0.1) is 11.3 Å². The lowest BCUT2D eigenvalue weighted by molar-refractivity contribution is 0.0780. The average molecular weight is 425 g/mol. The summed E-state index contributed by atoms with van der Waals surface area (Å²) in [5.74, 6) is 1.90. The molecule has 6 nitrogen and oxygen atoms in total. The molecule has 0 radical (unpaired) electrons. The van der Waals surface area contributed by atoms with Gasteiger partial charge in [0.2, 0.25) is 0 Å². The highest BCUT2D eigenvalue weighted by atomic mass is 32.1. The van der Waals surface area contributed by atoms with Crippen molar-refractivity contribution in [3.63, 3.8) is 0 Å². The number of methoxy groups -OCH3 is 2.